The molecule has 3 unspecified atom stereocenters. The molecule has 0 amide bonds. The molecule has 5 nitrogen and oxygen atoms in total. The lowest BCUT2D eigenvalue weighted by Crippen LogP contribution is -2.47. The minimum absolute atomic E-state index is 0. The third-order valence-corrected chi connectivity index (χ3v) is 5.20. The van der Waals surface area contributed by atoms with Gasteiger partial charge >= 0.3 is 0 Å². The van der Waals surface area contributed by atoms with Gasteiger partial charge < -0.3 is 20.1 Å². The number of hydrogen-bond acceptors (Lipinski definition) is 3. The van der Waals surface area contributed by atoms with Crippen molar-refractivity contribution in [3.63, 3.8) is 0 Å². The third-order valence-electron chi connectivity index (χ3n) is 5.20. The van der Waals surface area contributed by atoms with Crippen LogP contribution < -0.4 is 15.4 Å². The number of fused-ring (bicyclic) bond motifs is 3. The Morgan fingerprint density at radius 3 is 3.00 bits per heavy atom. The third kappa shape index (κ3) is 4.39. The fourth-order valence-electron chi connectivity index (χ4n) is 3.98. The Morgan fingerprint density at radius 2 is 2.24 bits per heavy atom. The molecule has 1 aromatic carbocycles. The van der Waals surface area contributed by atoms with E-state index in [2.05, 4.69) is 35.8 Å². The standard InChI is InChI=1S/C19H27N3O2.HI/c1-2-20-19(22-16-12-15-4-6-18(16)24-15)21-9-7-13-3-5-17-14(11-13)8-10-23-17;/h3,5,11,15-16,18H,2,4,6-10,12H2,1H3,(H2,20,21,22);1H. The van der Waals surface area contributed by atoms with Crippen molar-refractivity contribution in [1.82, 2.24) is 10.6 Å². The lowest BCUT2D eigenvalue weighted by molar-refractivity contribution is 0.0992. The van der Waals surface area contributed by atoms with Crippen molar-refractivity contribution in [2.24, 2.45) is 4.99 Å². The fourth-order valence-corrected chi connectivity index (χ4v) is 3.98. The van der Waals surface area contributed by atoms with E-state index in [-0.39, 0.29) is 24.0 Å². The molecule has 3 aliphatic rings. The van der Waals surface area contributed by atoms with E-state index in [0.29, 0.717) is 18.2 Å². The van der Waals surface area contributed by atoms with Gasteiger partial charge in [0.1, 0.15) is 5.75 Å². The van der Waals surface area contributed by atoms with E-state index < -0.39 is 0 Å². The fraction of sp³-hybridized carbons (Fsp3) is 0.632. The zero-order valence-electron chi connectivity index (χ0n) is 14.8. The maximum absolute atomic E-state index is 5.92. The minimum atomic E-state index is 0. The van der Waals surface area contributed by atoms with Crippen LogP contribution in [0.2, 0.25) is 0 Å². The van der Waals surface area contributed by atoms with Gasteiger partial charge in [0.2, 0.25) is 0 Å². The number of guanidine groups is 1. The highest BCUT2D eigenvalue weighted by Gasteiger charge is 2.41. The summed E-state index contributed by atoms with van der Waals surface area (Å²) < 4.78 is 11.5. The average molecular weight is 457 g/mol. The number of hydrogen-bond donors (Lipinski definition) is 2. The smallest absolute Gasteiger partial charge is 0.191 e. The second kappa shape index (κ2) is 8.58. The summed E-state index contributed by atoms with van der Waals surface area (Å²) >= 11 is 0. The molecule has 0 saturated carbocycles. The van der Waals surface area contributed by atoms with E-state index in [1.54, 1.807) is 0 Å². The van der Waals surface area contributed by atoms with Crippen LogP contribution in [0.5, 0.6) is 5.75 Å². The van der Waals surface area contributed by atoms with Crippen molar-refractivity contribution < 1.29 is 9.47 Å². The van der Waals surface area contributed by atoms with Gasteiger partial charge in [0.05, 0.1) is 24.9 Å². The summed E-state index contributed by atoms with van der Waals surface area (Å²) in [5, 5.41) is 6.93. The summed E-state index contributed by atoms with van der Waals surface area (Å²) in [5.74, 6) is 1.97. The molecule has 3 atom stereocenters. The summed E-state index contributed by atoms with van der Waals surface area (Å²) in [6.45, 7) is 4.59. The molecule has 6 heteroatoms. The zero-order chi connectivity index (χ0) is 16.4. The largest absolute Gasteiger partial charge is 0.493 e. The first-order chi connectivity index (χ1) is 11.8. The number of nitrogens with zero attached hydrogens (tertiary/aromatic N) is 1. The molecule has 1 aromatic rings. The topological polar surface area (TPSA) is 54.9 Å². The molecular formula is C19H28IN3O2. The summed E-state index contributed by atoms with van der Waals surface area (Å²) in [7, 11) is 0. The van der Waals surface area contributed by atoms with Crippen LogP contribution in [0.15, 0.2) is 23.2 Å². The second-order valence-electron chi connectivity index (χ2n) is 6.91. The van der Waals surface area contributed by atoms with Crippen LogP contribution >= 0.6 is 24.0 Å². The summed E-state index contributed by atoms with van der Waals surface area (Å²) in [6, 6.07) is 6.93. The summed E-state index contributed by atoms with van der Waals surface area (Å²) in [5.41, 5.74) is 2.67. The van der Waals surface area contributed by atoms with E-state index in [1.807, 2.05) is 0 Å². The van der Waals surface area contributed by atoms with E-state index in [4.69, 9.17) is 14.5 Å². The van der Waals surface area contributed by atoms with E-state index in [9.17, 15) is 0 Å². The first-order valence-electron chi connectivity index (χ1n) is 9.26. The molecule has 3 aliphatic heterocycles. The average Bonchev–Trinajstić information content (AvgIpc) is 3.31. The normalized spacial score (nSPS) is 26.8. The van der Waals surface area contributed by atoms with Gasteiger partial charge in [0.25, 0.3) is 0 Å². The second-order valence-corrected chi connectivity index (χ2v) is 6.91. The number of nitrogens with one attached hydrogen (secondary N) is 2. The van der Waals surface area contributed by atoms with Crippen LogP contribution in [0.3, 0.4) is 0 Å². The Morgan fingerprint density at radius 1 is 1.32 bits per heavy atom. The van der Waals surface area contributed by atoms with Crippen LogP contribution in [0.4, 0.5) is 0 Å². The maximum atomic E-state index is 5.92. The lowest BCUT2D eigenvalue weighted by Gasteiger charge is -2.22. The van der Waals surface area contributed by atoms with Crippen molar-refractivity contribution in [2.75, 3.05) is 19.7 Å². The number of benzene rings is 1. The molecule has 25 heavy (non-hydrogen) atoms. The first kappa shape index (κ1) is 18.8. The van der Waals surface area contributed by atoms with Crippen molar-refractivity contribution >= 4 is 29.9 Å². The van der Waals surface area contributed by atoms with Gasteiger partial charge in [-0.15, -0.1) is 24.0 Å². The van der Waals surface area contributed by atoms with E-state index >= 15 is 0 Å². The van der Waals surface area contributed by atoms with Gasteiger partial charge in [0.15, 0.2) is 5.96 Å². The summed E-state index contributed by atoms with van der Waals surface area (Å²) in [4.78, 5) is 4.76. The van der Waals surface area contributed by atoms with Gasteiger partial charge in [-0.3, -0.25) is 4.99 Å². The predicted octanol–water partition coefficient (Wildman–Crippen LogP) is 2.66. The molecule has 0 radical (unpaired) electrons. The summed E-state index contributed by atoms with van der Waals surface area (Å²) in [6.07, 6.45) is 6.33. The Kier molecular flexibility index (Phi) is 6.44. The Bertz CT molecular complexity index is 623. The number of rotatable bonds is 5. The van der Waals surface area contributed by atoms with Crippen molar-refractivity contribution in [3.8, 4) is 5.75 Å². The Balaban J connectivity index is 0.00000182. The molecule has 2 fully saturated rings. The number of aliphatic imine (C=N–C) groups is 1. The molecule has 138 valence electrons. The lowest BCUT2D eigenvalue weighted by atomic mass is 9.96. The van der Waals surface area contributed by atoms with Crippen molar-refractivity contribution in [2.45, 2.75) is 57.3 Å². The van der Waals surface area contributed by atoms with Gasteiger partial charge in [-0.1, -0.05) is 12.1 Å². The minimum Gasteiger partial charge on any atom is -0.493 e. The first-order valence-corrected chi connectivity index (χ1v) is 9.26. The van der Waals surface area contributed by atoms with Crippen LogP contribution in [0.25, 0.3) is 0 Å². The van der Waals surface area contributed by atoms with Crippen LogP contribution in [-0.4, -0.2) is 43.9 Å². The van der Waals surface area contributed by atoms with Gasteiger partial charge in [0, 0.05) is 19.5 Å². The number of ether oxygens (including phenoxy) is 2. The van der Waals surface area contributed by atoms with Crippen molar-refractivity contribution in [1.29, 1.82) is 0 Å². The van der Waals surface area contributed by atoms with Gasteiger partial charge in [-0.25, -0.2) is 0 Å². The quantitative estimate of drug-likeness (QED) is 0.406. The number of halogens is 1. The molecule has 2 N–H and O–H groups in total. The van der Waals surface area contributed by atoms with Crippen LogP contribution in [-0.2, 0) is 17.6 Å². The highest BCUT2D eigenvalue weighted by Crippen LogP contribution is 2.34. The molecule has 2 saturated heterocycles. The highest BCUT2D eigenvalue weighted by atomic mass is 127. The molecule has 0 aliphatic carbocycles. The molecular weight excluding hydrogens is 429 g/mol. The molecule has 2 bridgehead atoms. The Labute approximate surface area is 167 Å². The predicted molar refractivity (Wildman–Crippen MR) is 110 cm³/mol. The molecule has 0 aromatic heterocycles. The Hall–Kier alpha value is -1.02. The molecule has 3 heterocycles. The van der Waals surface area contributed by atoms with Gasteiger partial charge in [-0.2, -0.15) is 0 Å². The molecule has 0 spiro atoms. The molecule has 4 rings (SSSR count). The van der Waals surface area contributed by atoms with Crippen LogP contribution in [0, 0.1) is 0 Å². The monoisotopic (exact) mass is 457 g/mol. The van der Waals surface area contributed by atoms with Gasteiger partial charge in [-0.05, 0) is 49.8 Å². The van der Waals surface area contributed by atoms with Crippen LogP contribution in [0.1, 0.15) is 37.3 Å². The maximum Gasteiger partial charge on any atom is 0.191 e. The van der Waals surface area contributed by atoms with E-state index in [0.717, 1.165) is 50.7 Å². The SMILES string of the molecule is CCNC(=NCCc1ccc2c(c1)CCO2)NC1CC2CCC1O2.I. The van der Waals surface area contributed by atoms with Crippen molar-refractivity contribution in [3.05, 3.63) is 29.3 Å². The zero-order valence-corrected chi connectivity index (χ0v) is 17.1. The van der Waals surface area contributed by atoms with E-state index in [1.165, 1.54) is 24.0 Å². The highest BCUT2D eigenvalue weighted by molar-refractivity contribution is 14.0.